The van der Waals surface area contributed by atoms with Crippen LogP contribution in [0.5, 0.6) is 5.75 Å². The molecule has 1 aromatic rings. The SMILES string of the molecule is CC(C)(C)c1ccc(OC2CC2)c(C#N)c1. The van der Waals surface area contributed by atoms with Gasteiger partial charge in [0.15, 0.2) is 0 Å². The number of hydrogen-bond donors (Lipinski definition) is 0. The highest BCUT2D eigenvalue weighted by atomic mass is 16.5. The van der Waals surface area contributed by atoms with Gasteiger partial charge in [0.2, 0.25) is 0 Å². The van der Waals surface area contributed by atoms with Crippen molar-refractivity contribution in [3.8, 4) is 11.8 Å². The zero-order valence-corrected chi connectivity index (χ0v) is 10.1. The summed E-state index contributed by atoms with van der Waals surface area (Å²) < 4.78 is 5.69. The van der Waals surface area contributed by atoms with E-state index in [1.807, 2.05) is 12.1 Å². The lowest BCUT2D eigenvalue weighted by atomic mass is 9.86. The van der Waals surface area contributed by atoms with Gasteiger partial charge < -0.3 is 4.74 Å². The van der Waals surface area contributed by atoms with E-state index in [1.165, 1.54) is 5.56 Å². The molecule has 1 fully saturated rings. The van der Waals surface area contributed by atoms with Gasteiger partial charge in [0.1, 0.15) is 11.8 Å². The van der Waals surface area contributed by atoms with Gasteiger partial charge in [-0.1, -0.05) is 26.8 Å². The molecule has 1 saturated carbocycles. The molecular weight excluding hydrogens is 198 g/mol. The van der Waals surface area contributed by atoms with Gasteiger partial charge >= 0.3 is 0 Å². The van der Waals surface area contributed by atoms with Crippen LogP contribution in [0.2, 0.25) is 0 Å². The second kappa shape index (κ2) is 3.83. The van der Waals surface area contributed by atoms with Crippen molar-refractivity contribution in [2.75, 3.05) is 0 Å². The Morgan fingerprint density at radius 2 is 2.00 bits per heavy atom. The topological polar surface area (TPSA) is 33.0 Å². The van der Waals surface area contributed by atoms with E-state index in [0.29, 0.717) is 11.7 Å². The zero-order chi connectivity index (χ0) is 11.8. The molecule has 0 aliphatic heterocycles. The standard InChI is InChI=1S/C14H17NO/c1-14(2,3)11-4-7-13(10(8-11)9-15)16-12-5-6-12/h4,7-8,12H,5-6H2,1-3H3. The molecule has 1 aromatic carbocycles. The Morgan fingerprint density at radius 3 is 2.50 bits per heavy atom. The molecule has 0 amide bonds. The van der Waals surface area contributed by atoms with Crippen molar-refractivity contribution in [2.45, 2.75) is 45.1 Å². The smallest absolute Gasteiger partial charge is 0.137 e. The molecule has 2 nitrogen and oxygen atoms in total. The molecule has 1 aliphatic carbocycles. The lowest BCUT2D eigenvalue weighted by Crippen LogP contribution is -2.11. The van der Waals surface area contributed by atoms with Crippen molar-refractivity contribution in [1.29, 1.82) is 5.26 Å². The summed E-state index contributed by atoms with van der Waals surface area (Å²) in [7, 11) is 0. The summed E-state index contributed by atoms with van der Waals surface area (Å²) in [6.45, 7) is 6.43. The van der Waals surface area contributed by atoms with Gasteiger partial charge in [0, 0.05) is 0 Å². The average molecular weight is 215 g/mol. The van der Waals surface area contributed by atoms with Crippen LogP contribution in [0.1, 0.15) is 44.7 Å². The van der Waals surface area contributed by atoms with Gasteiger partial charge in [-0.05, 0) is 36.0 Å². The first kappa shape index (κ1) is 11.0. The second-order valence-corrected chi connectivity index (χ2v) is 5.39. The second-order valence-electron chi connectivity index (χ2n) is 5.39. The molecule has 16 heavy (non-hydrogen) atoms. The first-order valence-corrected chi connectivity index (χ1v) is 5.72. The minimum Gasteiger partial charge on any atom is -0.489 e. The molecule has 2 heteroatoms. The van der Waals surface area contributed by atoms with Gasteiger partial charge in [-0.3, -0.25) is 0 Å². The van der Waals surface area contributed by atoms with Gasteiger partial charge in [-0.25, -0.2) is 0 Å². The molecule has 0 atom stereocenters. The number of rotatable bonds is 2. The molecule has 0 saturated heterocycles. The molecule has 0 aromatic heterocycles. The Morgan fingerprint density at radius 1 is 1.31 bits per heavy atom. The van der Waals surface area contributed by atoms with Crippen LogP contribution in [0.15, 0.2) is 18.2 Å². The van der Waals surface area contributed by atoms with Crippen molar-refractivity contribution < 1.29 is 4.74 Å². The highest BCUT2D eigenvalue weighted by Crippen LogP contribution is 2.32. The maximum absolute atomic E-state index is 9.11. The molecule has 84 valence electrons. The predicted molar refractivity (Wildman–Crippen MR) is 63.5 cm³/mol. The van der Waals surface area contributed by atoms with Crippen LogP contribution in [0, 0.1) is 11.3 Å². The number of ether oxygens (including phenoxy) is 1. The molecule has 0 heterocycles. The van der Waals surface area contributed by atoms with Crippen molar-refractivity contribution in [3.05, 3.63) is 29.3 Å². The summed E-state index contributed by atoms with van der Waals surface area (Å²) in [5.74, 6) is 0.734. The van der Waals surface area contributed by atoms with E-state index in [4.69, 9.17) is 10.00 Å². The Kier molecular flexibility index (Phi) is 2.63. The lowest BCUT2D eigenvalue weighted by Gasteiger charge is -2.20. The van der Waals surface area contributed by atoms with Crippen molar-refractivity contribution in [3.63, 3.8) is 0 Å². The maximum Gasteiger partial charge on any atom is 0.137 e. The van der Waals surface area contributed by atoms with E-state index in [0.717, 1.165) is 18.6 Å². The molecule has 0 N–H and O–H groups in total. The Labute approximate surface area is 96.9 Å². The first-order chi connectivity index (χ1) is 7.50. The van der Waals surface area contributed by atoms with Gasteiger partial charge in [-0.15, -0.1) is 0 Å². The molecule has 0 radical (unpaired) electrons. The van der Waals surface area contributed by atoms with Crippen LogP contribution in [0.4, 0.5) is 0 Å². The molecule has 0 spiro atoms. The minimum absolute atomic E-state index is 0.0731. The van der Waals surface area contributed by atoms with Crippen LogP contribution in [0.25, 0.3) is 0 Å². The largest absolute Gasteiger partial charge is 0.489 e. The molecule has 0 bridgehead atoms. The summed E-state index contributed by atoms with van der Waals surface area (Å²) in [6.07, 6.45) is 2.57. The number of benzene rings is 1. The monoisotopic (exact) mass is 215 g/mol. The van der Waals surface area contributed by atoms with E-state index >= 15 is 0 Å². The molecular formula is C14H17NO. The van der Waals surface area contributed by atoms with E-state index in [-0.39, 0.29) is 5.41 Å². The van der Waals surface area contributed by atoms with Crippen molar-refractivity contribution in [2.24, 2.45) is 0 Å². The lowest BCUT2D eigenvalue weighted by molar-refractivity contribution is 0.302. The van der Waals surface area contributed by atoms with Crippen LogP contribution in [-0.4, -0.2) is 6.10 Å². The third-order valence-electron chi connectivity index (χ3n) is 2.78. The van der Waals surface area contributed by atoms with E-state index < -0.39 is 0 Å². The van der Waals surface area contributed by atoms with Crippen LogP contribution in [-0.2, 0) is 5.41 Å². The first-order valence-electron chi connectivity index (χ1n) is 5.72. The molecule has 2 rings (SSSR count). The summed E-state index contributed by atoms with van der Waals surface area (Å²) >= 11 is 0. The highest BCUT2D eigenvalue weighted by molar-refractivity contribution is 5.47. The fraction of sp³-hybridized carbons (Fsp3) is 0.500. The molecule has 0 unspecified atom stereocenters. The third-order valence-corrected chi connectivity index (χ3v) is 2.78. The van der Waals surface area contributed by atoms with E-state index in [2.05, 4.69) is 32.9 Å². The van der Waals surface area contributed by atoms with Crippen LogP contribution in [0.3, 0.4) is 0 Å². The van der Waals surface area contributed by atoms with Crippen molar-refractivity contribution >= 4 is 0 Å². The maximum atomic E-state index is 9.11. The van der Waals surface area contributed by atoms with E-state index in [1.54, 1.807) is 0 Å². The van der Waals surface area contributed by atoms with Crippen molar-refractivity contribution in [1.82, 2.24) is 0 Å². The number of nitriles is 1. The van der Waals surface area contributed by atoms with Gasteiger partial charge in [-0.2, -0.15) is 5.26 Å². The Balaban J connectivity index is 2.31. The summed E-state index contributed by atoms with van der Waals surface area (Å²) in [4.78, 5) is 0. The van der Waals surface area contributed by atoms with Gasteiger partial charge in [0.05, 0.1) is 11.7 Å². The van der Waals surface area contributed by atoms with Crippen LogP contribution >= 0.6 is 0 Å². The fourth-order valence-electron chi connectivity index (χ4n) is 1.55. The fourth-order valence-corrected chi connectivity index (χ4v) is 1.55. The summed E-state index contributed by atoms with van der Waals surface area (Å²) in [5.41, 5.74) is 1.90. The van der Waals surface area contributed by atoms with Gasteiger partial charge in [0.25, 0.3) is 0 Å². The van der Waals surface area contributed by atoms with E-state index in [9.17, 15) is 0 Å². The quantitative estimate of drug-likeness (QED) is 0.757. The zero-order valence-electron chi connectivity index (χ0n) is 10.1. The summed E-state index contributed by atoms with van der Waals surface area (Å²) in [5, 5.41) is 9.11. The summed E-state index contributed by atoms with van der Waals surface area (Å²) in [6, 6.07) is 8.14. The highest BCUT2D eigenvalue weighted by Gasteiger charge is 2.25. The third kappa shape index (κ3) is 2.36. The Hall–Kier alpha value is -1.49. The number of nitrogens with zero attached hydrogens (tertiary/aromatic N) is 1. The average Bonchev–Trinajstić information content (AvgIpc) is 3.00. The van der Waals surface area contributed by atoms with Crippen LogP contribution < -0.4 is 4.74 Å². The normalized spacial score (nSPS) is 15.6. The minimum atomic E-state index is 0.0731. The predicted octanol–water partition coefficient (Wildman–Crippen LogP) is 3.40. The number of hydrogen-bond acceptors (Lipinski definition) is 2. The Bertz CT molecular complexity index is 433. The molecule has 1 aliphatic rings.